The van der Waals surface area contributed by atoms with Gasteiger partial charge in [-0.15, -0.1) is 10.2 Å². The van der Waals surface area contributed by atoms with Gasteiger partial charge in [0.05, 0.1) is 16.1 Å². The van der Waals surface area contributed by atoms with Crippen LogP contribution in [0.15, 0.2) is 55.0 Å². The van der Waals surface area contributed by atoms with E-state index in [-0.39, 0.29) is 11.7 Å². The Hall–Kier alpha value is -3.39. The number of thiazole rings is 1. The van der Waals surface area contributed by atoms with Crippen molar-refractivity contribution in [2.45, 2.75) is 6.92 Å². The number of rotatable bonds is 4. The summed E-state index contributed by atoms with van der Waals surface area (Å²) < 4.78 is 1.66. The molecule has 0 radical (unpaired) electrons. The van der Waals surface area contributed by atoms with Crippen LogP contribution in [0.2, 0.25) is 0 Å². The first-order valence-electron chi connectivity index (χ1n) is 7.80. The highest BCUT2D eigenvalue weighted by molar-refractivity contribution is 7.18. The second-order valence-electron chi connectivity index (χ2n) is 5.59. The number of nitrogens with zero attached hydrogens (tertiary/aromatic N) is 4. The molecule has 7 nitrogen and oxygen atoms in total. The molecular weight excluding hydrogens is 350 g/mol. The molecule has 0 fully saturated rings. The third-order valence-corrected chi connectivity index (χ3v) is 4.84. The summed E-state index contributed by atoms with van der Waals surface area (Å²) in [7, 11) is 0. The molecule has 3 aromatic heterocycles. The van der Waals surface area contributed by atoms with Crippen molar-refractivity contribution in [1.82, 2.24) is 19.6 Å². The second kappa shape index (κ2) is 6.49. The van der Waals surface area contributed by atoms with Crippen LogP contribution in [0.25, 0.3) is 16.9 Å². The Labute approximate surface area is 152 Å². The first kappa shape index (κ1) is 16.1. The molecule has 1 N–H and O–H groups in total. The van der Waals surface area contributed by atoms with Crippen molar-refractivity contribution >= 4 is 33.8 Å². The highest BCUT2D eigenvalue weighted by atomic mass is 32.1. The highest BCUT2D eigenvalue weighted by Gasteiger charge is 2.18. The van der Waals surface area contributed by atoms with Crippen LogP contribution in [0.5, 0.6) is 0 Å². The predicted octanol–water partition coefficient (Wildman–Crippen LogP) is 3.31. The molecule has 1 aromatic carbocycles. The SMILES string of the molecule is CC(=O)c1sc(NC(=O)c2ccc3nncn3c2)nc1-c1ccccc1. The Morgan fingerprint density at radius 3 is 2.69 bits per heavy atom. The van der Waals surface area contributed by atoms with E-state index in [9.17, 15) is 9.59 Å². The number of anilines is 1. The Kier molecular flexibility index (Phi) is 4.02. The van der Waals surface area contributed by atoms with E-state index in [0.29, 0.717) is 26.9 Å². The van der Waals surface area contributed by atoms with Crippen molar-refractivity contribution in [2.24, 2.45) is 0 Å². The van der Waals surface area contributed by atoms with Gasteiger partial charge in [-0.25, -0.2) is 4.98 Å². The van der Waals surface area contributed by atoms with Gasteiger partial charge in [-0.1, -0.05) is 41.7 Å². The largest absolute Gasteiger partial charge is 0.298 e. The molecule has 0 aliphatic rings. The lowest BCUT2D eigenvalue weighted by atomic mass is 10.1. The van der Waals surface area contributed by atoms with Crippen molar-refractivity contribution in [1.29, 1.82) is 0 Å². The normalized spacial score (nSPS) is 10.8. The lowest BCUT2D eigenvalue weighted by Gasteiger charge is -2.02. The number of aromatic nitrogens is 4. The van der Waals surface area contributed by atoms with Gasteiger partial charge in [0.2, 0.25) is 0 Å². The maximum Gasteiger partial charge on any atom is 0.258 e. The summed E-state index contributed by atoms with van der Waals surface area (Å²) in [6.07, 6.45) is 3.17. The maximum atomic E-state index is 12.5. The van der Waals surface area contributed by atoms with Crippen LogP contribution in [0.1, 0.15) is 27.0 Å². The molecular formula is C18H13N5O2S. The van der Waals surface area contributed by atoms with Crippen LogP contribution < -0.4 is 5.32 Å². The van der Waals surface area contributed by atoms with Crippen LogP contribution in [-0.2, 0) is 0 Å². The number of carbonyl (C=O) groups is 2. The number of amides is 1. The van der Waals surface area contributed by atoms with Gasteiger partial charge in [-0.05, 0) is 12.1 Å². The van der Waals surface area contributed by atoms with E-state index in [1.807, 2.05) is 30.3 Å². The molecule has 0 atom stereocenters. The van der Waals surface area contributed by atoms with E-state index in [4.69, 9.17) is 0 Å². The third kappa shape index (κ3) is 2.98. The van der Waals surface area contributed by atoms with Crippen LogP contribution in [-0.4, -0.2) is 31.3 Å². The minimum Gasteiger partial charge on any atom is -0.298 e. The number of nitrogens with one attached hydrogen (secondary N) is 1. The van der Waals surface area contributed by atoms with E-state index in [1.54, 1.807) is 22.7 Å². The third-order valence-electron chi connectivity index (χ3n) is 3.77. The zero-order valence-electron chi connectivity index (χ0n) is 13.7. The fourth-order valence-electron chi connectivity index (χ4n) is 2.53. The number of fused-ring (bicyclic) bond motifs is 1. The average molecular weight is 363 g/mol. The molecule has 0 unspecified atom stereocenters. The lowest BCUT2D eigenvalue weighted by molar-refractivity contribution is 0.101. The number of hydrogen-bond donors (Lipinski definition) is 1. The molecule has 0 saturated heterocycles. The van der Waals surface area contributed by atoms with E-state index in [1.165, 1.54) is 24.6 Å². The first-order valence-corrected chi connectivity index (χ1v) is 8.61. The van der Waals surface area contributed by atoms with Crippen molar-refractivity contribution in [3.63, 3.8) is 0 Å². The number of benzene rings is 1. The van der Waals surface area contributed by atoms with Crippen molar-refractivity contribution in [3.8, 4) is 11.3 Å². The molecule has 26 heavy (non-hydrogen) atoms. The Morgan fingerprint density at radius 2 is 1.92 bits per heavy atom. The Morgan fingerprint density at radius 1 is 1.12 bits per heavy atom. The lowest BCUT2D eigenvalue weighted by Crippen LogP contribution is -2.12. The van der Waals surface area contributed by atoms with E-state index in [0.717, 1.165) is 5.56 Å². The standard InChI is InChI=1S/C18H13N5O2S/c1-11(24)16-15(12-5-3-2-4-6-12)20-18(26-16)21-17(25)13-7-8-14-22-19-10-23(14)9-13/h2-10H,1H3,(H,20,21,25). The topological polar surface area (TPSA) is 89.2 Å². The summed E-state index contributed by atoms with van der Waals surface area (Å²) in [5.41, 5.74) is 2.51. The summed E-state index contributed by atoms with van der Waals surface area (Å²) in [6, 6.07) is 12.8. The molecule has 0 saturated carbocycles. The van der Waals surface area contributed by atoms with Gasteiger partial charge in [0.15, 0.2) is 16.6 Å². The summed E-state index contributed by atoms with van der Waals surface area (Å²) in [5.74, 6) is -0.406. The number of pyridine rings is 1. The van der Waals surface area contributed by atoms with Gasteiger partial charge >= 0.3 is 0 Å². The van der Waals surface area contributed by atoms with Crippen molar-refractivity contribution in [2.75, 3.05) is 5.32 Å². The monoisotopic (exact) mass is 363 g/mol. The smallest absolute Gasteiger partial charge is 0.258 e. The Bertz CT molecular complexity index is 1120. The first-order chi connectivity index (χ1) is 12.6. The van der Waals surface area contributed by atoms with Gasteiger partial charge < -0.3 is 0 Å². The van der Waals surface area contributed by atoms with Gasteiger partial charge in [-0.3, -0.25) is 19.3 Å². The Balaban J connectivity index is 1.65. The zero-order valence-corrected chi connectivity index (χ0v) is 14.5. The van der Waals surface area contributed by atoms with Crippen LogP contribution >= 0.6 is 11.3 Å². The van der Waals surface area contributed by atoms with Gasteiger partial charge in [0.1, 0.15) is 6.33 Å². The van der Waals surface area contributed by atoms with Crippen molar-refractivity contribution in [3.05, 3.63) is 65.4 Å². The highest BCUT2D eigenvalue weighted by Crippen LogP contribution is 2.31. The molecule has 4 rings (SSSR count). The molecule has 1 amide bonds. The fraction of sp³-hybridized carbons (Fsp3) is 0.0556. The summed E-state index contributed by atoms with van der Waals surface area (Å²) in [4.78, 5) is 29.5. The van der Waals surface area contributed by atoms with Crippen LogP contribution in [0.4, 0.5) is 5.13 Å². The molecule has 3 heterocycles. The molecule has 128 valence electrons. The van der Waals surface area contributed by atoms with Crippen LogP contribution in [0, 0.1) is 0 Å². The summed E-state index contributed by atoms with van der Waals surface area (Å²) >= 11 is 1.17. The van der Waals surface area contributed by atoms with Gasteiger partial charge in [0, 0.05) is 18.7 Å². The molecule has 0 spiro atoms. The number of carbonyl (C=O) groups excluding carboxylic acids is 2. The van der Waals surface area contributed by atoms with Gasteiger partial charge in [-0.2, -0.15) is 0 Å². The minimum absolute atomic E-state index is 0.0900. The second-order valence-corrected chi connectivity index (χ2v) is 6.59. The average Bonchev–Trinajstić information content (AvgIpc) is 3.28. The van der Waals surface area contributed by atoms with Gasteiger partial charge in [0.25, 0.3) is 5.91 Å². The predicted molar refractivity (Wildman–Crippen MR) is 98.5 cm³/mol. The van der Waals surface area contributed by atoms with E-state index >= 15 is 0 Å². The zero-order chi connectivity index (χ0) is 18.1. The number of hydrogen-bond acceptors (Lipinski definition) is 6. The fourth-order valence-corrected chi connectivity index (χ4v) is 3.41. The number of ketones is 1. The summed E-state index contributed by atoms with van der Waals surface area (Å²) in [6.45, 7) is 1.49. The minimum atomic E-state index is -0.316. The molecule has 0 aliphatic heterocycles. The van der Waals surface area contributed by atoms with E-state index in [2.05, 4.69) is 20.5 Å². The molecule has 0 aliphatic carbocycles. The number of Topliss-reactive ketones (excluding diaryl/α,β-unsaturated/α-hetero) is 1. The van der Waals surface area contributed by atoms with E-state index < -0.39 is 0 Å². The molecule has 0 bridgehead atoms. The molecule has 8 heteroatoms. The quantitative estimate of drug-likeness (QED) is 0.562. The molecule has 4 aromatic rings. The van der Waals surface area contributed by atoms with Crippen LogP contribution in [0.3, 0.4) is 0 Å². The maximum absolute atomic E-state index is 12.5. The summed E-state index contributed by atoms with van der Waals surface area (Å²) in [5, 5.41) is 10.8. The van der Waals surface area contributed by atoms with Crippen molar-refractivity contribution < 1.29 is 9.59 Å².